The molecule has 0 aromatic rings. The van der Waals surface area contributed by atoms with Gasteiger partial charge in [-0.15, -0.1) is 0 Å². The molecule has 0 saturated heterocycles. The maximum Gasteiger partial charge on any atom is 0.279 e. The van der Waals surface area contributed by atoms with E-state index in [2.05, 4.69) is 42.6 Å². The van der Waals surface area contributed by atoms with Crippen LogP contribution in [-0.4, -0.2) is 70.0 Å². The smallest absolute Gasteiger partial charge is 0.279 e. The zero-order chi connectivity index (χ0) is 16.5. The molecule has 0 atom stereocenters. The largest absolute Gasteiger partial charge is 0.314 e. The van der Waals surface area contributed by atoms with Crippen molar-refractivity contribution in [3.63, 3.8) is 0 Å². The van der Waals surface area contributed by atoms with Gasteiger partial charge in [0.15, 0.2) is 0 Å². The Morgan fingerprint density at radius 1 is 0.952 bits per heavy atom. The van der Waals surface area contributed by atoms with E-state index in [1.165, 1.54) is 4.31 Å². The Morgan fingerprint density at radius 3 is 2.05 bits per heavy atom. The predicted molar refractivity (Wildman–Crippen MR) is 89.7 cm³/mol. The van der Waals surface area contributed by atoms with Crippen LogP contribution in [-0.2, 0) is 10.2 Å². The quantitative estimate of drug-likeness (QED) is 0.523. The van der Waals surface area contributed by atoms with Crippen molar-refractivity contribution < 1.29 is 8.42 Å². The molecule has 0 bridgehead atoms. The Bertz CT molecular complexity index is 358. The molecule has 6 nitrogen and oxygen atoms in total. The summed E-state index contributed by atoms with van der Waals surface area (Å²) in [7, 11) is 0.329. The van der Waals surface area contributed by atoms with Gasteiger partial charge in [-0.1, -0.05) is 13.8 Å². The first-order valence-corrected chi connectivity index (χ1v) is 9.25. The molecule has 0 aliphatic carbocycles. The van der Waals surface area contributed by atoms with E-state index in [1.807, 2.05) is 7.05 Å². The highest BCUT2D eigenvalue weighted by Gasteiger charge is 2.16. The maximum absolute atomic E-state index is 12.0. The molecule has 0 saturated carbocycles. The van der Waals surface area contributed by atoms with Gasteiger partial charge in [0, 0.05) is 32.2 Å². The van der Waals surface area contributed by atoms with Crippen molar-refractivity contribution in [1.82, 2.24) is 19.2 Å². The van der Waals surface area contributed by atoms with Crippen LogP contribution in [0.4, 0.5) is 0 Å². The molecule has 2 N–H and O–H groups in total. The summed E-state index contributed by atoms with van der Waals surface area (Å²) in [5.74, 6) is 0. The first-order valence-electron chi connectivity index (χ1n) is 7.81. The Labute approximate surface area is 131 Å². The molecule has 21 heavy (non-hydrogen) atoms. The lowest BCUT2D eigenvalue weighted by Crippen LogP contribution is -2.40. The van der Waals surface area contributed by atoms with Gasteiger partial charge in [0.05, 0.1) is 0 Å². The third-order valence-electron chi connectivity index (χ3n) is 3.47. The normalized spacial score (nSPS) is 13.0. The number of nitrogens with one attached hydrogen (secondary N) is 2. The summed E-state index contributed by atoms with van der Waals surface area (Å²) in [6.45, 7) is 11.1. The number of nitrogens with zero attached hydrogens (tertiary/aromatic N) is 2. The topological polar surface area (TPSA) is 64.7 Å². The Kier molecular flexibility index (Phi) is 10.4. The molecule has 0 aromatic heterocycles. The fourth-order valence-electron chi connectivity index (χ4n) is 1.71. The van der Waals surface area contributed by atoms with Crippen molar-refractivity contribution in [2.45, 2.75) is 52.6 Å². The predicted octanol–water partition coefficient (Wildman–Crippen LogP) is 0.871. The van der Waals surface area contributed by atoms with Crippen molar-refractivity contribution >= 4 is 10.2 Å². The summed E-state index contributed by atoms with van der Waals surface area (Å²) in [5.41, 5.74) is 0. The number of hydrogen-bond donors (Lipinski definition) is 2. The van der Waals surface area contributed by atoms with Crippen LogP contribution in [0.3, 0.4) is 0 Å². The van der Waals surface area contributed by atoms with Crippen molar-refractivity contribution in [2.75, 3.05) is 40.3 Å². The summed E-state index contributed by atoms with van der Waals surface area (Å²) in [6, 6.07) is 0.917. The first-order chi connectivity index (χ1) is 9.66. The standard InChI is InChI=1S/C14H34N4O2S/c1-13(2)15-9-7-12-18(6)21(19,20)16-10-8-11-17(5)14(3)4/h13-16H,7-12H2,1-6H3. The summed E-state index contributed by atoms with van der Waals surface area (Å²) in [4.78, 5) is 2.20. The van der Waals surface area contributed by atoms with Crippen molar-refractivity contribution in [2.24, 2.45) is 0 Å². The Morgan fingerprint density at radius 2 is 1.52 bits per heavy atom. The molecule has 7 heteroatoms. The van der Waals surface area contributed by atoms with Gasteiger partial charge >= 0.3 is 0 Å². The fourth-order valence-corrected chi connectivity index (χ4v) is 2.70. The zero-order valence-corrected chi connectivity index (χ0v) is 15.3. The third kappa shape index (κ3) is 10.2. The van der Waals surface area contributed by atoms with Gasteiger partial charge in [-0.3, -0.25) is 0 Å². The van der Waals surface area contributed by atoms with Crippen molar-refractivity contribution in [1.29, 1.82) is 0 Å². The molecular weight excluding hydrogens is 288 g/mol. The van der Waals surface area contributed by atoms with Crippen LogP contribution in [0.1, 0.15) is 40.5 Å². The minimum Gasteiger partial charge on any atom is -0.314 e. The van der Waals surface area contributed by atoms with Crippen LogP contribution in [0, 0.1) is 0 Å². The highest BCUT2D eigenvalue weighted by molar-refractivity contribution is 7.87. The van der Waals surface area contributed by atoms with E-state index >= 15 is 0 Å². The molecule has 0 rings (SSSR count). The van der Waals surface area contributed by atoms with Crippen LogP contribution in [0.5, 0.6) is 0 Å². The Balaban J connectivity index is 3.90. The summed E-state index contributed by atoms with van der Waals surface area (Å²) in [6.07, 6.45) is 1.63. The van der Waals surface area contributed by atoms with Crippen LogP contribution >= 0.6 is 0 Å². The van der Waals surface area contributed by atoms with Crippen molar-refractivity contribution in [3.8, 4) is 0 Å². The molecular formula is C14H34N4O2S. The fraction of sp³-hybridized carbons (Fsp3) is 1.00. The van der Waals surface area contributed by atoms with E-state index in [9.17, 15) is 8.42 Å². The second-order valence-electron chi connectivity index (χ2n) is 6.11. The van der Waals surface area contributed by atoms with Gasteiger partial charge < -0.3 is 10.2 Å². The molecule has 128 valence electrons. The molecule has 0 fully saturated rings. The Hall–Kier alpha value is -0.210. The number of rotatable bonds is 12. The van der Waals surface area contributed by atoms with E-state index < -0.39 is 10.2 Å². The van der Waals surface area contributed by atoms with Crippen LogP contribution in [0.15, 0.2) is 0 Å². The minimum atomic E-state index is -3.34. The van der Waals surface area contributed by atoms with Gasteiger partial charge in [0.1, 0.15) is 0 Å². The first kappa shape index (κ1) is 20.8. The molecule has 0 aromatic carbocycles. The van der Waals surface area contributed by atoms with Crippen molar-refractivity contribution in [3.05, 3.63) is 0 Å². The van der Waals surface area contributed by atoms with Gasteiger partial charge in [-0.05, 0) is 46.8 Å². The lowest BCUT2D eigenvalue weighted by atomic mass is 10.3. The van der Waals surface area contributed by atoms with Gasteiger partial charge in [-0.25, -0.2) is 4.72 Å². The second kappa shape index (κ2) is 10.5. The average molecular weight is 323 g/mol. The molecule has 0 amide bonds. The van der Waals surface area contributed by atoms with Gasteiger partial charge in [0.25, 0.3) is 10.2 Å². The number of hydrogen-bond acceptors (Lipinski definition) is 4. The van der Waals surface area contributed by atoms with E-state index in [4.69, 9.17) is 0 Å². The zero-order valence-electron chi connectivity index (χ0n) is 14.5. The van der Waals surface area contributed by atoms with E-state index in [0.29, 0.717) is 25.2 Å². The highest BCUT2D eigenvalue weighted by Crippen LogP contribution is 1.98. The molecule has 0 aliphatic rings. The minimum absolute atomic E-state index is 0.433. The van der Waals surface area contributed by atoms with E-state index in [-0.39, 0.29) is 0 Å². The SMILES string of the molecule is CC(C)NCCCN(C)S(=O)(=O)NCCCN(C)C(C)C. The molecule has 0 spiro atoms. The molecule has 0 radical (unpaired) electrons. The van der Waals surface area contributed by atoms with Crippen LogP contribution < -0.4 is 10.0 Å². The van der Waals surface area contributed by atoms with E-state index in [1.54, 1.807) is 7.05 Å². The molecule has 0 heterocycles. The summed E-state index contributed by atoms with van der Waals surface area (Å²) in [5, 5.41) is 3.28. The lowest BCUT2D eigenvalue weighted by molar-refractivity contribution is 0.271. The highest BCUT2D eigenvalue weighted by atomic mass is 32.2. The summed E-state index contributed by atoms with van der Waals surface area (Å²) >= 11 is 0. The van der Waals surface area contributed by atoms with Gasteiger partial charge in [-0.2, -0.15) is 12.7 Å². The van der Waals surface area contributed by atoms with Crippen LogP contribution in [0.25, 0.3) is 0 Å². The summed E-state index contributed by atoms with van der Waals surface area (Å²) < 4.78 is 28.1. The van der Waals surface area contributed by atoms with Crippen LogP contribution in [0.2, 0.25) is 0 Å². The average Bonchev–Trinajstić information content (AvgIpc) is 2.38. The lowest BCUT2D eigenvalue weighted by Gasteiger charge is -2.21. The third-order valence-corrected chi connectivity index (χ3v) is 5.04. The van der Waals surface area contributed by atoms with E-state index in [0.717, 1.165) is 25.9 Å². The molecule has 0 aliphatic heterocycles. The maximum atomic E-state index is 12.0. The molecule has 0 unspecified atom stereocenters. The second-order valence-corrected chi connectivity index (χ2v) is 7.97. The monoisotopic (exact) mass is 322 g/mol. The van der Waals surface area contributed by atoms with Gasteiger partial charge in [0.2, 0.25) is 0 Å².